The van der Waals surface area contributed by atoms with E-state index in [0.717, 1.165) is 0 Å². The van der Waals surface area contributed by atoms with Crippen LogP contribution in [-0.4, -0.2) is 24.6 Å². The highest BCUT2D eigenvalue weighted by atomic mass is 32.2. The van der Waals surface area contributed by atoms with Gasteiger partial charge in [-0.05, 0) is 5.56 Å². The van der Waals surface area contributed by atoms with E-state index in [1.807, 2.05) is 0 Å². The number of hydrogen-bond acceptors (Lipinski definition) is 3. The number of rotatable bonds is 5. The molecule has 0 saturated heterocycles. The van der Waals surface area contributed by atoms with Gasteiger partial charge < -0.3 is 5.73 Å². The highest BCUT2D eigenvalue weighted by Crippen LogP contribution is 2.32. The minimum absolute atomic E-state index is 0.0636. The molecule has 6 heteroatoms. The van der Waals surface area contributed by atoms with Crippen molar-refractivity contribution >= 4 is 16.0 Å². The van der Waals surface area contributed by atoms with Crippen molar-refractivity contribution in [2.75, 3.05) is 5.75 Å². The zero-order valence-corrected chi connectivity index (χ0v) is 10.8. The zero-order valence-electron chi connectivity index (χ0n) is 9.96. The largest absolute Gasteiger partial charge is 0.366 e. The number of amides is 1. The normalized spacial score (nSPS) is 14.8. The molecule has 1 aromatic rings. The smallest absolute Gasteiger partial charge is 0.266 e. The van der Waals surface area contributed by atoms with Crippen molar-refractivity contribution in [3.05, 3.63) is 48.0 Å². The molecule has 18 heavy (non-hydrogen) atoms. The van der Waals surface area contributed by atoms with Crippen LogP contribution in [0.5, 0.6) is 0 Å². The Labute approximate surface area is 106 Å². The predicted octanol–water partition coefficient (Wildman–Crippen LogP) is 0.874. The molecule has 0 aliphatic carbocycles. The Morgan fingerprint density at radius 3 is 2.28 bits per heavy atom. The quantitative estimate of drug-likeness (QED) is 0.612. The summed E-state index contributed by atoms with van der Waals surface area (Å²) in [5, 5.41) is 0. The van der Waals surface area contributed by atoms with Gasteiger partial charge in [-0.3, -0.25) is 9.35 Å². The first kappa shape index (κ1) is 14.4. The first-order valence-electron chi connectivity index (χ1n) is 5.17. The molecule has 98 valence electrons. The van der Waals surface area contributed by atoms with Crippen LogP contribution in [0.15, 0.2) is 42.5 Å². The number of carbonyl (C=O) groups excluding carboxylic acids is 1. The van der Waals surface area contributed by atoms with E-state index in [1.54, 1.807) is 30.3 Å². The minimum Gasteiger partial charge on any atom is -0.366 e. The third-order valence-corrected chi connectivity index (χ3v) is 3.79. The summed E-state index contributed by atoms with van der Waals surface area (Å²) in [6.07, 6.45) is 0. The molecule has 0 spiro atoms. The van der Waals surface area contributed by atoms with Gasteiger partial charge in [-0.15, -0.1) is 0 Å². The fourth-order valence-electron chi connectivity index (χ4n) is 1.79. The molecule has 1 rings (SSSR count). The lowest BCUT2D eigenvalue weighted by atomic mass is 9.78. The number of hydrogen-bond donors (Lipinski definition) is 2. The van der Waals surface area contributed by atoms with Crippen LogP contribution >= 0.6 is 0 Å². The first-order chi connectivity index (χ1) is 8.17. The molecule has 0 fully saturated rings. The number of primary amides is 1. The molecule has 3 N–H and O–H groups in total. The highest BCUT2D eigenvalue weighted by Gasteiger charge is 2.37. The predicted molar refractivity (Wildman–Crippen MR) is 68.5 cm³/mol. The Kier molecular flexibility index (Phi) is 3.93. The Morgan fingerprint density at radius 1 is 1.39 bits per heavy atom. The van der Waals surface area contributed by atoms with Crippen LogP contribution in [0, 0.1) is 0 Å². The van der Waals surface area contributed by atoms with Crippen LogP contribution in [0.1, 0.15) is 12.5 Å². The average molecular weight is 269 g/mol. The summed E-state index contributed by atoms with van der Waals surface area (Å²) in [7, 11) is -4.28. The lowest BCUT2D eigenvalue weighted by Gasteiger charge is -2.29. The van der Waals surface area contributed by atoms with Gasteiger partial charge in [-0.2, -0.15) is 8.42 Å². The van der Waals surface area contributed by atoms with Crippen LogP contribution in [-0.2, 0) is 20.3 Å². The topological polar surface area (TPSA) is 97.5 Å². The van der Waals surface area contributed by atoms with E-state index in [1.165, 1.54) is 6.92 Å². The van der Waals surface area contributed by atoms with Gasteiger partial charge in [-0.1, -0.05) is 43.8 Å². The van der Waals surface area contributed by atoms with Crippen LogP contribution < -0.4 is 5.73 Å². The molecular formula is C12H15NO4S. The number of carbonyl (C=O) groups is 1. The van der Waals surface area contributed by atoms with Crippen molar-refractivity contribution < 1.29 is 17.8 Å². The molecule has 1 atom stereocenters. The fraction of sp³-hybridized carbons (Fsp3) is 0.250. The standard InChI is InChI=1S/C12H15NO4S/c1-9(11(13)14)12(2,8-18(15,16)17)10-6-4-3-5-7-10/h3-7H,1,8H2,2H3,(H2,13,14)(H,15,16,17). The Hall–Kier alpha value is -1.66. The SMILES string of the molecule is C=C(C(N)=O)C(C)(CS(=O)(=O)O)c1ccccc1. The summed E-state index contributed by atoms with van der Waals surface area (Å²) in [6.45, 7) is 5.04. The van der Waals surface area contributed by atoms with E-state index in [-0.39, 0.29) is 5.57 Å². The van der Waals surface area contributed by atoms with E-state index in [2.05, 4.69) is 6.58 Å². The average Bonchev–Trinajstić information content (AvgIpc) is 2.26. The van der Waals surface area contributed by atoms with Crippen LogP contribution in [0.3, 0.4) is 0 Å². The molecule has 0 aliphatic rings. The van der Waals surface area contributed by atoms with E-state index in [0.29, 0.717) is 5.56 Å². The zero-order chi connectivity index (χ0) is 14.0. The Balaban J connectivity index is 3.35. The van der Waals surface area contributed by atoms with Crippen LogP contribution in [0.25, 0.3) is 0 Å². The van der Waals surface area contributed by atoms with Gasteiger partial charge in [0.05, 0.1) is 5.75 Å². The summed E-state index contributed by atoms with van der Waals surface area (Å²) < 4.78 is 31.2. The molecule has 0 bridgehead atoms. The molecule has 1 aromatic carbocycles. The van der Waals surface area contributed by atoms with E-state index in [4.69, 9.17) is 10.3 Å². The second-order valence-corrected chi connectivity index (χ2v) is 5.72. The van der Waals surface area contributed by atoms with Crippen LogP contribution in [0.4, 0.5) is 0 Å². The Morgan fingerprint density at radius 2 is 1.89 bits per heavy atom. The molecule has 0 radical (unpaired) electrons. The maximum absolute atomic E-state index is 11.3. The summed E-state index contributed by atoms with van der Waals surface area (Å²) in [5.74, 6) is -1.45. The van der Waals surface area contributed by atoms with Crippen molar-refractivity contribution in [2.45, 2.75) is 12.3 Å². The van der Waals surface area contributed by atoms with Crippen molar-refractivity contribution in [1.82, 2.24) is 0 Å². The third-order valence-electron chi connectivity index (χ3n) is 2.85. The number of benzene rings is 1. The van der Waals surface area contributed by atoms with Gasteiger partial charge >= 0.3 is 0 Å². The van der Waals surface area contributed by atoms with Gasteiger partial charge in [0.15, 0.2) is 0 Å². The third kappa shape index (κ3) is 3.18. The molecule has 1 unspecified atom stereocenters. The summed E-state index contributed by atoms with van der Waals surface area (Å²) >= 11 is 0. The number of nitrogens with two attached hydrogens (primary N) is 1. The fourth-order valence-corrected chi connectivity index (χ4v) is 2.86. The van der Waals surface area contributed by atoms with Gasteiger partial charge in [0.1, 0.15) is 0 Å². The van der Waals surface area contributed by atoms with Crippen molar-refractivity contribution in [1.29, 1.82) is 0 Å². The summed E-state index contributed by atoms with van der Waals surface area (Å²) in [6, 6.07) is 8.46. The molecule has 5 nitrogen and oxygen atoms in total. The molecule has 0 saturated carbocycles. The van der Waals surface area contributed by atoms with Crippen LogP contribution in [0.2, 0.25) is 0 Å². The summed E-state index contributed by atoms with van der Waals surface area (Å²) in [4.78, 5) is 11.3. The summed E-state index contributed by atoms with van der Waals surface area (Å²) in [5.41, 5.74) is 4.40. The maximum Gasteiger partial charge on any atom is 0.266 e. The highest BCUT2D eigenvalue weighted by molar-refractivity contribution is 7.85. The second kappa shape index (κ2) is 4.91. The van der Waals surface area contributed by atoms with Crippen molar-refractivity contribution in [2.24, 2.45) is 5.73 Å². The lowest BCUT2D eigenvalue weighted by Crippen LogP contribution is -2.38. The molecule has 0 aromatic heterocycles. The monoisotopic (exact) mass is 269 g/mol. The first-order valence-corrected chi connectivity index (χ1v) is 6.77. The van der Waals surface area contributed by atoms with E-state index < -0.39 is 27.2 Å². The minimum atomic E-state index is -4.28. The van der Waals surface area contributed by atoms with Gasteiger partial charge in [0.25, 0.3) is 10.1 Å². The molecule has 0 heterocycles. The van der Waals surface area contributed by atoms with E-state index >= 15 is 0 Å². The maximum atomic E-state index is 11.3. The van der Waals surface area contributed by atoms with Crippen molar-refractivity contribution in [3.8, 4) is 0 Å². The second-order valence-electron chi connectivity index (χ2n) is 4.27. The van der Waals surface area contributed by atoms with Crippen molar-refractivity contribution in [3.63, 3.8) is 0 Å². The Bertz CT molecular complexity index is 565. The van der Waals surface area contributed by atoms with Gasteiger partial charge in [0.2, 0.25) is 5.91 Å². The molecule has 0 aliphatic heterocycles. The molecular weight excluding hydrogens is 254 g/mol. The van der Waals surface area contributed by atoms with Gasteiger partial charge in [-0.25, -0.2) is 0 Å². The molecule has 1 amide bonds. The van der Waals surface area contributed by atoms with Gasteiger partial charge in [0, 0.05) is 11.0 Å². The lowest BCUT2D eigenvalue weighted by molar-refractivity contribution is -0.115. The van der Waals surface area contributed by atoms with E-state index in [9.17, 15) is 13.2 Å².